The highest BCUT2D eigenvalue weighted by Gasteiger charge is 2.09. The van der Waals surface area contributed by atoms with Crippen LogP contribution in [0.4, 0.5) is 0 Å². The van der Waals surface area contributed by atoms with Gasteiger partial charge in [-0.2, -0.15) is 0 Å². The first-order valence-electron chi connectivity index (χ1n) is 6.97. The van der Waals surface area contributed by atoms with Crippen molar-refractivity contribution in [3.63, 3.8) is 0 Å². The van der Waals surface area contributed by atoms with Gasteiger partial charge in [-0.25, -0.2) is 0 Å². The average Bonchev–Trinajstić information content (AvgIpc) is 2.58. The van der Waals surface area contributed by atoms with E-state index in [1.165, 1.54) is 0 Å². The Morgan fingerprint density at radius 3 is 2.27 bits per heavy atom. The molecule has 0 amide bonds. The summed E-state index contributed by atoms with van der Waals surface area (Å²) in [6.45, 7) is 0. The van der Waals surface area contributed by atoms with Crippen molar-refractivity contribution in [3.8, 4) is 28.0 Å². The molecule has 0 unspecified atom stereocenters. The van der Waals surface area contributed by atoms with Crippen molar-refractivity contribution in [2.24, 2.45) is 0 Å². The quantitative estimate of drug-likeness (QED) is 0.728. The van der Waals surface area contributed by atoms with E-state index in [2.05, 4.69) is 24.3 Å². The molecule has 0 heterocycles. The Morgan fingerprint density at radius 2 is 1.50 bits per heavy atom. The first-order chi connectivity index (χ1) is 10.8. The molecule has 0 aliphatic heterocycles. The van der Waals surface area contributed by atoms with Crippen LogP contribution in [0.2, 0.25) is 5.02 Å². The van der Waals surface area contributed by atoms with E-state index in [0.717, 1.165) is 22.3 Å². The first kappa shape index (κ1) is 14.7. The fraction of sp³-hybridized carbons (Fsp3) is 0. The summed E-state index contributed by atoms with van der Waals surface area (Å²) in [7, 11) is -0.368. The molecule has 3 rings (SSSR count). The standard InChI is InChI=1S/C18H14BClO2/c20-16-9-10-18(22-19-21)17(12-16)15-8-4-7-14(11-15)13-5-2-1-3-6-13/h1-12,19,21H. The number of rotatable bonds is 4. The maximum atomic E-state index is 9.04. The second kappa shape index (κ2) is 6.69. The second-order valence-corrected chi connectivity index (χ2v) is 5.30. The number of hydrogen-bond acceptors (Lipinski definition) is 2. The molecule has 108 valence electrons. The van der Waals surface area contributed by atoms with Gasteiger partial charge in [-0.05, 0) is 41.0 Å². The largest absolute Gasteiger partial charge is 0.538 e. The van der Waals surface area contributed by atoms with Crippen LogP contribution in [-0.2, 0) is 0 Å². The zero-order valence-electron chi connectivity index (χ0n) is 11.9. The summed E-state index contributed by atoms with van der Waals surface area (Å²) in [5.74, 6) is 0.608. The normalized spacial score (nSPS) is 10.3. The van der Waals surface area contributed by atoms with Crippen molar-refractivity contribution in [2.45, 2.75) is 0 Å². The number of benzene rings is 3. The smallest absolute Gasteiger partial charge is 0.504 e. The maximum absolute atomic E-state index is 9.04. The van der Waals surface area contributed by atoms with Gasteiger partial charge < -0.3 is 9.68 Å². The van der Waals surface area contributed by atoms with Gasteiger partial charge in [0.05, 0.1) is 0 Å². The van der Waals surface area contributed by atoms with Gasteiger partial charge >= 0.3 is 7.69 Å². The van der Waals surface area contributed by atoms with Crippen molar-refractivity contribution in [1.29, 1.82) is 0 Å². The molecule has 0 aliphatic carbocycles. The molecule has 2 nitrogen and oxygen atoms in total. The third kappa shape index (κ3) is 3.16. The lowest BCUT2D eigenvalue weighted by molar-refractivity contribution is 0.455. The van der Waals surface area contributed by atoms with E-state index in [4.69, 9.17) is 21.3 Å². The van der Waals surface area contributed by atoms with E-state index in [1.54, 1.807) is 12.1 Å². The Bertz CT molecular complexity index is 775. The molecule has 4 heteroatoms. The van der Waals surface area contributed by atoms with E-state index < -0.39 is 0 Å². The van der Waals surface area contributed by atoms with Crippen LogP contribution < -0.4 is 4.65 Å². The number of hydrogen-bond donors (Lipinski definition) is 1. The Morgan fingerprint density at radius 1 is 0.773 bits per heavy atom. The van der Waals surface area contributed by atoms with Crippen molar-refractivity contribution < 1.29 is 9.68 Å². The van der Waals surface area contributed by atoms with Crippen LogP contribution in [0.3, 0.4) is 0 Å². The summed E-state index contributed by atoms with van der Waals surface area (Å²) in [6.07, 6.45) is 0. The zero-order chi connectivity index (χ0) is 15.4. The molecular weight excluding hydrogens is 294 g/mol. The molecule has 0 aromatic heterocycles. The lowest BCUT2D eigenvalue weighted by Crippen LogP contribution is -2.01. The lowest BCUT2D eigenvalue weighted by Gasteiger charge is -2.12. The van der Waals surface area contributed by atoms with Crippen molar-refractivity contribution >= 4 is 19.3 Å². The van der Waals surface area contributed by atoms with E-state index >= 15 is 0 Å². The second-order valence-electron chi connectivity index (χ2n) is 4.86. The molecule has 0 radical (unpaired) electrons. The van der Waals surface area contributed by atoms with E-state index in [1.807, 2.05) is 36.4 Å². The highest BCUT2D eigenvalue weighted by Crippen LogP contribution is 2.34. The maximum Gasteiger partial charge on any atom is 0.504 e. The number of halogens is 1. The fourth-order valence-electron chi connectivity index (χ4n) is 2.42. The van der Waals surface area contributed by atoms with E-state index in [0.29, 0.717) is 10.8 Å². The SMILES string of the molecule is OBOc1ccc(Cl)cc1-c1cccc(-c2ccccc2)c1. The molecule has 0 atom stereocenters. The molecule has 0 bridgehead atoms. The molecule has 0 saturated carbocycles. The molecule has 22 heavy (non-hydrogen) atoms. The summed E-state index contributed by atoms with van der Waals surface area (Å²) < 4.78 is 5.29. The van der Waals surface area contributed by atoms with Crippen LogP contribution >= 0.6 is 11.6 Å². The highest BCUT2D eigenvalue weighted by atomic mass is 35.5. The predicted molar refractivity (Wildman–Crippen MR) is 92.3 cm³/mol. The van der Waals surface area contributed by atoms with Crippen LogP contribution in [0, 0.1) is 0 Å². The summed E-state index contributed by atoms with van der Waals surface area (Å²) in [5.41, 5.74) is 4.12. The van der Waals surface area contributed by atoms with E-state index in [9.17, 15) is 0 Å². The van der Waals surface area contributed by atoms with Crippen LogP contribution in [0.5, 0.6) is 5.75 Å². The van der Waals surface area contributed by atoms with Gasteiger partial charge in [0.25, 0.3) is 0 Å². The molecular formula is C18H14BClO2. The Hall–Kier alpha value is -2.23. The molecule has 0 saturated heterocycles. The molecule has 1 N–H and O–H groups in total. The van der Waals surface area contributed by atoms with Crippen LogP contribution in [0.1, 0.15) is 0 Å². The summed E-state index contributed by atoms with van der Waals surface area (Å²) in [4.78, 5) is 0. The Balaban J connectivity index is 2.08. The lowest BCUT2D eigenvalue weighted by atomic mass is 9.98. The molecule has 3 aromatic rings. The molecule has 0 fully saturated rings. The van der Waals surface area contributed by atoms with Crippen molar-refractivity contribution in [2.75, 3.05) is 0 Å². The van der Waals surface area contributed by atoms with Crippen LogP contribution in [0.15, 0.2) is 72.8 Å². The third-order valence-corrected chi connectivity index (χ3v) is 3.68. The third-order valence-electron chi connectivity index (χ3n) is 3.44. The minimum Gasteiger partial charge on any atom is -0.538 e. The Kier molecular flexibility index (Phi) is 4.47. The summed E-state index contributed by atoms with van der Waals surface area (Å²) >= 11 is 6.11. The predicted octanol–water partition coefficient (Wildman–Crippen LogP) is 4.31. The van der Waals surface area contributed by atoms with Crippen LogP contribution in [-0.4, -0.2) is 12.7 Å². The minimum absolute atomic E-state index is 0.368. The van der Waals surface area contributed by atoms with Gasteiger partial charge in [0.1, 0.15) is 5.75 Å². The van der Waals surface area contributed by atoms with Gasteiger partial charge in [0.2, 0.25) is 0 Å². The van der Waals surface area contributed by atoms with Gasteiger partial charge in [-0.1, -0.05) is 60.1 Å². The van der Waals surface area contributed by atoms with Crippen LogP contribution in [0.25, 0.3) is 22.3 Å². The molecule has 0 aliphatic rings. The van der Waals surface area contributed by atoms with Gasteiger partial charge in [0, 0.05) is 10.6 Å². The zero-order valence-corrected chi connectivity index (χ0v) is 12.6. The molecule has 0 spiro atoms. The highest BCUT2D eigenvalue weighted by molar-refractivity contribution is 6.31. The van der Waals surface area contributed by atoms with Gasteiger partial charge in [-0.3, -0.25) is 0 Å². The van der Waals surface area contributed by atoms with Crippen molar-refractivity contribution in [3.05, 3.63) is 77.8 Å². The summed E-state index contributed by atoms with van der Waals surface area (Å²) in [6, 6.07) is 23.7. The van der Waals surface area contributed by atoms with Crippen molar-refractivity contribution in [1.82, 2.24) is 0 Å². The van der Waals surface area contributed by atoms with E-state index in [-0.39, 0.29) is 7.69 Å². The fourth-order valence-corrected chi connectivity index (χ4v) is 2.59. The minimum atomic E-state index is -0.368. The summed E-state index contributed by atoms with van der Waals surface area (Å²) in [5, 5.41) is 9.67. The first-order valence-corrected chi connectivity index (χ1v) is 7.35. The topological polar surface area (TPSA) is 29.5 Å². The monoisotopic (exact) mass is 308 g/mol. The van der Waals surface area contributed by atoms with Gasteiger partial charge in [0.15, 0.2) is 0 Å². The molecule has 3 aromatic carbocycles. The van der Waals surface area contributed by atoms with Gasteiger partial charge in [-0.15, -0.1) is 0 Å². The average molecular weight is 309 g/mol. The Labute approximate surface area is 135 Å².